The zero-order valence-corrected chi connectivity index (χ0v) is 17.6. The fraction of sp³-hybridized carbons (Fsp3) is 0.143. The molecule has 0 N–H and O–H groups in total. The molecule has 9 nitrogen and oxygen atoms in total. The van der Waals surface area contributed by atoms with Crippen molar-refractivity contribution in [1.29, 1.82) is 0 Å². The highest BCUT2D eigenvalue weighted by atomic mass is 32.2. The summed E-state index contributed by atoms with van der Waals surface area (Å²) in [7, 11) is -2.35. The quantitative estimate of drug-likeness (QED) is 0.389. The van der Waals surface area contributed by atoms with Crippen LogP contribution < -0.4 is 4.90 Å². The molecule has 160 valence electrons. The first-order chi connectivity index (χ1) is 14.6. The van der Waals surface area contributed by atoms with Gasteiger partial charge in [0.2, 0.25) is 0 Å². The van der Waals surface area contributed by atoms with Gasteiger partial charge in [0.1, 0.15) is 5.69 Å². The van der Waals surface area contributed by atoms with E-state index < -0.39 is 36.8 Å². The number of nitro benzene ring substituents is 2. The minimum Gasteiger partial charge on any atom is -0.339 e. The van der Waals surface area contributed by atoms with Gasteiger partial charge in [0, 0.05) is 18.3 Å². The molecule has 0 unspecified atom stereocenters. The molecule has 0 saturated heterocycles. The summed E-state index contributed by atoms with van der Waals surface area (Å²) in [6.45, 7) is 1.81. The average molecular weight is 441 g/mol. The van der Waals surface area contributed by atoms with E-state index >= 15 is 0 Å². The van der Waals surface area contributed by atoms with Crippen LogP contribution in [0.2, 0.25) is 0 Å². The van der Waals surface area contributed by atoms with E-state index in [0.29, 0.717) is 5.69 Å². The molecule has 0 aliphatic heterocycles. The molecule has 0 heterocycles. The molecular weight excluding hydrogens is 422 g/mol. The van der Waals surface area contributed by atoms with Gasteiger partial charge in [-0.05, 0) is 37.3 Å². The second-order valence-electron chi connectivity index (χ2n) is 6.95. The molecule has 10 heteroatoms. The molecule has 0 spiro atoms. The van der Waals surface area contributed by atoms with Crippen molar-refractivity contribution in [3.8, 4) is 0 Å². The Morgan fingerprint density at radius 2 is 1.45 bits per heavy atom. The fourth-order valence-electron chi connectivity index (χ4n) is 3.13. The monoisotopic (exact) mass is 441 g/mol. The summed E-state index contributed by atoms with van der Waals surface area (Å²) in [6, 6.07) is 16.8. The van der Waals surface area contributed by atoms with Crippen LogP contribution in [0.25, 0.3) is 0 Å². The molecule has 0 saturated carbocycles. The van der Waals surface area contributed by atoms with Crippen LogP contribution in [-0.4, -0.2) is 25.3 Å². The van der Waals surface area contributed by atoms with Crippen LogP contribution in [0.5, 0.6) is 0 Å². The number of hydrogen-bond acceptors (Lipinski definition) is 7. The minimum atomic E-state index is -3.92. The maximum absolute atomic E-state index is 12.9. The summed E-state index contributed by atoms with van der Waals surface area (Å²) in [5.74, 6) is -0.667. The maximum atomic E-state index is 12.9. The van der Waals surface area contributed by atoms with Gasteiger partial charge < -0.3 is 4.90 Å². The Hall–Kier alpha value is -3.79. The van der Waals surface area contributed by atoms with Crippen molar-refractivity contribution < 1.29 is 18.3 Å². The predicted octanol–water partition coefficient (Wildman–Crippen LogP) is 4.55. The van der Waals surface area contributed by atoms with Crippen LogP contribution in [0.15, 0.2) is 71.6 Å². The SMILES string of the molecule is Cc1ccc(S(=O)(=O)Cc2cc(N(C)c3ccccc3)c([N+](=O)[O-])cc2[N+](=O)[O-])cc1. The Kier molecular flexibility index (Phi) is 6.02. The number of anilines is 2. The summed E-state index contributed by atoms with van der Waals surface area (Å²) in [6.07, 6.45) is 0. The summed E-state index contributed by atoms with van der Waals surface area (Å²) in [5.41, 5.74) is 0.283. The van der Waals surface area contributed by atoms with Crippen molar-refractivity contribution in [3.05, 3.63) is 98.1 Å². The van der Waals surface area contributed by atoms with Crippen LogP contribution in [-0.2, 0) is 15.6 Å². The number of hydrogen-bond donors (Lipinski definition) is 0. The highest BCUT2D eigenvalue weighted by Gasteiger charge is 2.29. The van der Waals surface area contributed by atoms with Crippen LogP contribution >= 0.6 is 0 Å². The average Bonchev–Trinajstić information content (AvgIpc) is 2.73. The Bertz CT molecular complexity index is 1240. The number of aryl methyl sites for hydroxylation is 1. The lowest BCUT2D eigenvalue weighted by molar-refractivity contribution is -0.394. The first-order valence-corrected chi connectivity index (χ1v) is 10.8. The molecule has 0 aliphatic rings. The van der Waals surface area contributed by atoms with Gasteiger partial charge in [-0.3, -0.25) is 20.2 Å². The third-order valence-corrected chi connectivity index (χ3v) is 6.48. The maximum Gasteiger partial charge on any atom is 0.299 e. The molecule has 0 radical (unpaired) electrons. The molecule has 3 aromatic rings. The standard InChI is InChI=1S/C21H19N3O6S/c1-15-8-10-18(11-9-15)31(29,30)14-16-12-20(22(2)17-6-4-3-5-7-17)21(24(27)28)13-19(16)23(25)26/h3-13H,14H2,1-2H3. The van der Waals surface area contributed by atoms with Gasteiger partial charge in [-0.15, -0.1) is 0 Å². The summed E-state index contributed by atoms with van der Waals surface area (Å²) in [4.78, 5) is 23.2. The Balaban J connectivity index is 2.16. The number of sulfone groups is 1. The van der Waals surface area contributed by atoms with Gasteiger partial charge in [-0.2, -0.15) is 0 Å². The molecule has 0 atom stereocenters. The van der Waals surface area contributed by atoms with Crippen LogP contribution in [0.4, 0.5) is 22.7 Å². The van der Waals surface area contributed by atoms with E-state index in [2.05, 4.69) is 0 Å². The molecule has 3 aromatic carbocycles. The van der Waals surface area contributed by atoms with Crippen molar-refractivity contribution in [3.63, 3.8) is 0 Å². The summed E-state index contributed by atoms with van der Waals surface area (Å²) < 4.78 is 25.8. The smallest absolute Gasteiger partial charge is 0.299 e. The van der Waals surface area contributed by atoms with Crippen molar-refractivity contribution in [2.24, 2.45) is 0 Å². The largest absolute Gasteiger partial charge is 0.339 e. The molecule has 0 fully saturated rings. The van der Waals surface area contributed by atoms with Crippen LogP contribution in [0, 0.1) is 27.2 Å². The minimum absolute atomic E-state index is 0.0173. The van der Waals surface area contributed by atoms with Crippen LogP contribution in [0.3, 0.4) is 0 Å². The van der Waals surface area contributed by atoms with E-state index in [-0.39, 0.29) is 16.1 Å². The Morgan fingerprint density at radius 3 is 2.00 bits per heavy atom. The predicted molar refractivity (Wildman–Crippen MR) is 116 cm³/mol. The van der Waals surface area contributed by atoms with E-state index in [4.69, 9.17) is 0 Å². The Morgan fingerprint density at radius 1 is 0.871 bits per heavy atom. The third-order valence-electron chi connectivity index (χ3n) is 4.80. The van der Waals surface area contributed by atoms with Gasteiger partial charge in [0.25, 0.3) is 11.4 Å². The lowest BCUT2D eigenvalue weighted by atomic mass is 10.1. The van der Waals surface area contributed by atoms with E-state index in [1.165, 1.54) is 23.1 Å². The van der Waals surface area contributed by atoms with Crippen molar-refractivity contribution in [2.45, 2.75) is 17.6 Å². The number of nitro groups is 2. The number of benzene rings is 3. The number of para-hydroxylation sites is 1. The molecule has 0 bridgehead atoms. The zero-order valence-electron chi connectivity index (χ0n) is 16.8. The first kappa shape index (κ1) is 21.9. The molecule has 0 aliphatic carbocycles. The second-order valence-corrected chi connectivity index (χ2v) is 8.94. The highest BCUT2D eigenvalue weighted by molar-refractivity contribution is 7.90. The third kappa shape index (κ3) is 4.69. The van der Waals surface area contributed by atoms with Crippen molar-refractivity contribution >= 4 is 32.6 Å². The second kappa shape index (κ2) is 8.52. The van der Waals surface area contributed by atoms with E-state index in [1.54, 1.807) is 49.5 Å². The molecule has 0 amide bonds. The summed E-state index contributed by atoms with van der Waals surface area (Å²) in [5, 5.41) is 23.2. The molecular formula is C21H19N3O6S. The Labute approximate surface area is 178 Å². The van der Waals surface area contributed by atoms with Crippen LogP contribution in [0.1, 0.15) is 11.1 Å². The molecule has 31 heavy (non-hydrogen) atoms. The fourth-order valence-corrected chi connectivity index (χ4v) is 4.49. The van der Waals surface area contributed by atoms with Gasteiger partial charge in [0.15, 0.2) is 9.84 Å². The van der Waals surface area contributed by atoms with E-state index in [9.17, 15) is 28.6 Å². The zero-order chi connectivity index (χ0) is 22.8. The van der Waals surface area contributed by atoms with Gasteiger partial charge in [0.05, 0.1) is 26.6 Å². The van der Waals surface area contributed by atoms with E-state index in [0.717, 1.165) is 11.6 Å². The topological polar surface area (TPSA) is 124 Å². The number of nitrogens with zero attached hydrogens (tertiary/aromatic N) is 3. The van der Waals surface area contributed by atoms with Gasteiger partial charge in [-0.25, -0.2) is 8.42 Å². The molecule has 3 rings (SSSR count). The van der Waals surface area contributed by atoms with E-state index in [1.807, 2.05) is 6.92 Å². The molecule has 0 aromatic heterocycles. The van der Waals surface area contributed by atoms with Crippen molar-refractivity contribution in [2.75, 3.05) is 11.9 Å². The lowest BCUT2D eigenvalue weighted by Gasteiger charge is -2.20. The number of rotatable bonds is 7. The van der Waals surface area contributed by atoms with Gasteiger partial charge in [-0.1, -0.05) is 35.9 Å². The summed E-state index contributed by atoms with van der Waals surface area (Å²) >= 11 is 0. The lowest BCUT2D eigenvalue weighted by Crippen LogP contribution is -2.14. The van der Waals surface area contributed by atoms with Gasteiger partial charge >= 0.3 is 0 Å². The first-order valence-electron chi connectivity index (χ1n) is 9.14. The normalized spacial score (nSPS) is 11.2. The van der Waals surface area contributed by atoms with Crippen molar-refractivity contribution in [1.82, 2.24) is 0 Å². The highest BCUT2D eigenvalue weighted by Crippen LogP contribution is 2.38.